The van der Waals surface area contributed by atoms with Crippen molar-refractivity contribution in [2.75, 3.05) is 11.8 Å². The predicted molar refractivity (Wildman–Crippen MR) is 75.3 cm³/mol. The number of aromatic nitrogens is 2. The second kappa shape index (κ2) is 5.70. The molecule has 108 valence electrons. The van der Waals surface area contributed by atoms with E-state index in [0.29, 0.717) is 11.3 Å². The third kappa shape index (κ3) is 2.87. The SMILES string of the molecule is COc1c(CN)cc(Cl)cc1S(=O)(=O)Nc1cn[nH]c1. The van der Waals surface area contributed by atoms with E-state index in [-0.39, 0.29) is 22.2 Å². The zero-order chi connectivity index (χ0) is 14.8. The number of nitrogens with zero attached hydrogens (tertiary/aromatic N) is 1. The highest BCUT2D eigenvalue weighted by Gasteiger charge is 2.23. The number of halogens is 1. The van der Waals surface area contributed by atoms with Gasteiger partial charge in [-0.2, -0.15) is 5.10 Å². The number of ether oxygens (including phenoxy) is 1. The summed E-state index contributed by atoms with van der Waals surface area (Å²) < 4.78 is 32.2. The molecule has 7 nitrogen and oxygen atoms in total. The highest BCUT2D eigenvalue weighted by atomic mass is 35.5. The summed E-state index contributed by atoms with van der Waals surface area (Å²) in [6, 6.07) is 2.87. The van der Waals surface area contributed by atoms with E-state index in [2.05, 4.69) is 14.9 Å². The van der Waals surface area contributed by atoms with Gasteiger partial charge in [0.25, 0.3) is 10.0 Å². The summed E-state index contributed by atoms with van der Waals surface area (Å²) in [4.78, 5) is -0.0749. The van der Waals surface area contributed by atoms with Gasteiger partial charge in [-0.1, -0.05) is 11.6 Å². The lowest BCUT2D eigenvalue weighted by Gasteiger charge is -2.14. The van der Waals surface area contributed by atoms with Crippen LogP contribution in [0.2, 0.25) is 5.02 Å². The maximum Gasteiger partial charge on any atom is 0.265 e. The molecule has 0 amide bonds. The molecular weight excluding hydrogens is 304 g/mol. The number of H-pyrrole nitrogens is 1. The number of aromatic amines is 1. The third-order valence-corrected chi connectivity index (χ3v) is 4.17. The minimum atomic E-state index is -3.86. The quantitative estimate of drug-likeness (QED) is 0.770. The standard InChI is InChI=1S/C11H13ClN4O3S/c1-19-11-7(4-13)2-8(12)3-10(11)20(17,18)16-9-5-14-15-6-9/h2-3,5-6,16H,4,13H2,1H3,(H,14,15). The van der Waals surface area contributed by atoms with Crippen molar-refractivity contribution in [3.63, 3.8) is 0 Å². The van der Waals surface area contributed by atoms with Gasteiger partial charge in [-0.3, -0.25) is 9.82 Å². The molecule has 0 aliphatic carbocycles. The molecule has 0 unspecified atom stereocenters. The molecule has 2 rings (SSSR count). The molecule has 4 N–H and O–H groups in total. The first-order chi connectivity index (χ1) is 9.47. The van der Waals surface area contributed by atoms with E-state index < -0.39 is 10.0 Å². The summed E-state index contributed by atoms with van der Waals surface area (Å²) in [5.41, 5.74) is 6.39. The van der Waals surface area contributed by atoms with Gasteiger partial charge in [0.15, 0.2) is 0 Å². The van der Waals surface area contributed by atoms with Crippen LogP contribution in [0.1, 0.15) is 5.56 Å². The second-order valence-electron chi connectivity index (χ2n) is 3.89. The van der Waals surface area contributed by atoms with Gasteiger partial charge in [-0.15, -0.1) is 0 Å². The topological polar surface area (TPSA) is 110 Å². The number of methoxy groups -OCH3 is 1. The van der Waals surface area contributed by atoms with Crippen molar-refractivity contribution in [2.24, 2.45) is 5.73 Å². The molecule has 0 aliphatic rings. The molecule has 1 aromatic carbocycles. The summed E-state index contributed by atoms with van der Waals surface area (Å²) in [5.74, 6) is 0.174. The van der Waals surface area contributed by atoms with Gasteiger partial charge in [0.1, 0.15) is 10.6 Å². The Bertz CT molecular complexity index is 701. The molecular formula is C11H13ClN4O3S. The van der Waals surface area contributed by atoms with Gasteiger partial charge in [0.05, 0.1) is 19.0 Å². The van der Waals surface area contributed by atoms with Gasteiger partial charge < -0.3 is 10.5 Å². The first-order valence-electron chi connectivity index (χ1n) is 5.56. The second-order valence-corrected chi connectivity index (χ2v) is 5.98. The maximum absolute atomic E-state index is 12.4. The number of nitrogens with two attached hydrogens (primary N) is 1. The van der Waals surface area contributed by atoms with Crippen molar-refractivity contribution in [1.29, 1.82) is 0 Å². The number of nitrogens with one attached hydrogen (secondary N) is 2. The highest BCUT2D eigenvalue weighted by molar-refractivity contribution is 7.92. The number of rotatable bonds is 5. The van der Waals surface area contributed by atoms with Crippen LogP contribution in [0.4, 0.5) is 5.69 Å². The van der Waals surface area contributed by atoms with Crippen LogP contribution < -0.4 is 15.2 Å². The molecule has 0 fully saturated rings. The van der Waals surface area contributed by atoms with Crippen molar-refractivity contribution in [3.8, 4) is 5.75 Å². The Kier molecular flexibility index (Phi) is 4.17. The van der Waals surface area contributed by atoms with Crippen LogP contribution in [0.25, 0.3) is 0 Å². The first kappa shape index (κ1) is 14.6. The molecule has 1 aromatic heterocycles. The first-order valence-corrected chi connectivity index (χ1v) is 7.42. The molecule has 1 heterocycles. The highest BCUT2D eigenvalue weighted by Crippen LogP contribution is 2.32. The number of anilines is 1. The monoisotopic (exact) mass is 316 g/mol. The summed E-state index contributed by atoms with van der Waals surface area (Å²) >= 11 is 5.92. The Hall–Kier alpha value is -1.77. The van der Waals surface area contributed by atoms with Crippen molar-refractivity contribution in [1.82, 2.24) is 10.2 Å². The van der Waals surface area contributed by atoms with E-state index in [1.54, 1.807) is 6.07 Å². The third-order valence-electron chi connectivity index (χ3n) is 2.56. The average Bonchev–Trinajstić information content (AvgIpc) is 2.89. The molecule has 0 aliphatic heterocycles. The van der Waals surface area contributed by atoms with Crippen molar-refractivity contribution in [2.45, 2.75) is 11.4 Å². The summed E-state index contributed by atoms with van der Waals surface area (Å²) in [6.45, 7) is 0.109. The van der Waals surface area contributed by atoms with Gasteiger partial charge in [-0.25, -0.2) is 8.42 Å². The van der Waals surface area contributed by atoms with Crippen LogP contribution in [0.5, 0.6) is 5.75 Å². The van der Waals surface area contributed by atoms with Gasteiger partial charge >= 0.3 is 0 Å². The predicted octanol–water partition coefficient (Wildman–Crippen LogP) is 1.33. The number of hydrogen-bond acceptors (Lipinski definition) is 5. The fraction of sp³-hybridized carbons (Fsp3) is 0.182. The Morgan fingerprint density at radius 1 is 1.50 bits per heavy atom. The summed E-state index contributed by atoms with van der Waals surface area (Å²) in [5, 5.41) is 6.44. The van der Waals surface area contributed by atoms with Gasteiger partial charge in [0, 0.05) is 23.3 Å². The minimum Gasteiger partial charge on any atom is -0.495 e. The molecule has 0 radical (unpaired) electrons. The summed E-state index contributed by atoms with van der Waals surface area (Å²) in [6.07, 6.45) is 2.76. The zero-order valence-corrected chi connectivity index (χ0v) is 12.1. The van der Waals surface area contributed by atoms with Crippen molar-refractivity contribution in [3.05, 3.63) is 35.1 Å². The zero-order valence-electron chi connectivity index (χ0n) is 10.6. The van der Waals surface area contributed by atoms with E-state index in [9.17, 15) is 8.42 Å². The largest absolute Gasteiger partial charge is 0.495 e. The van der Waals surface area contributed by atoms with Crippen molar-refractivity contribution < 1.29 is 13.2 Å². The van der Waals surface area contributed by atoms with E-state index in [1.807, 2.05) is 0 Å². The van der Waals surface area contributed by atoms with E-state index in [4.69, 9.17) is 22.1 Å². The lowest BCUT2D eigenvalue weighted by molar-refractivity contribution is 0.398. The minimum absolute atomic E-state index is 0.0749. The van der Waals surface area contributed by atoms with Crippen LogP contribution in [0.15, 0.2) is 29.4 Å². The lowest BCUT2D eigenvalue weighted by Crippen LogP contribution is -2.15. The van der Waals surface area contributed by atoms with Crippen LogP contribution in [0.3, 0.4) is 0 Å². The van der Waals surface area contributed by atoms with E-state index >= 15 is 0 Å². The smallest absolute Gasteiger partial charge is 0.265 e. The Labute approximate surface area is 121 Å². The van der Waals surface area contributed by atoms with Crippen molar-refractivity contribution >= 4 is 27.3 Å². The molecule has 0 spiro atoms. The Morgan fingerprint density at radius 2 is 2.25 bits per heavy atom. The molecule has 0 saturated carbocycles. The fourth-order valence-electron chi connectivity index (χ4n) is 1.72. The Morgan fingerprint density at radius 3 is 2.80 bits per heavy atom. The van der Waals surface area contributed by atoms with Gasteiger partial charge in [-0.05, 0) is 12.1 Å². The normalized spacial score (nSPS) is 11.3. The van der Waals surface area contributed by atoms with Crippen LogP contribution in [-0.2, 0) is 16.6 Å². The fourth-order valence-corrected chi connectivity index (χ4v) is 3.30. The number of hydrogen-bond donors (Lipinski definition) is 3. The van der Waals surface area contributed by atoms with E-state index in [0.717, 1.165) is 0 Å². The number of sulfonamides is 1. The lowest BCUT2D eigenvalue weighted by atomic mass is 10.2. The van der Waals surface area contributed by atoms with Crippen LogP contribution in [0, 0.1) is 0 Å². The van der Waals surface area contributed by atoms with Crippen LogP contribution in [-0.4, -0.2) is 25.7 Å². The Balaban J connectivity index is 2.53. The van der Waals surface area contributed by atoms with Crippen LogP contribution >= 0.6 is 11.6 Å². The molecule has 2 aromatic rings. The molecule has 0 atom stereocenters. The number of benzene rings is 1. The molecule has 0 saturated heterocycles. The molecule has 9 heteroatoms. The molecule has 20 heavy (non-hydrogen) atoms. The maximum atomic E-state index is 12.4. The summed E-state index contributed by atoms with van der Waals surface area (Å²) in [7, 11) is -2.48. The van der Waals surface area contributed by atoms with Gasteiger partial charge in [0.2, 0.25) is 0 Å². The van der Waals surface area contributed by atoms with E-state index in [1.165, 1.54) is 25.6 Å². The molecule has 0 bridgehead atoms. The average molecular weight is 317 g/mol.